The molecule has 3 N–H and O–H groups in total. The highest BCUT2D eigenvalue weighted by Gasteiger charge is 2.57. The van der Waals surface area contributed by atoms with Crippen molar-refractivity contribution in [3.63, 3.8) is 0 Å². The van der Waals surface area contributed by atoms with Gasteiger partial charge in [-0.25, -0.2) is 0 Å². The van der Waals surface area contributed by atoms with Crippen LogP contribution >= 0.6 is 15.9 Å². The van der Waals surface area contributed by atoms with E-state index >= 15 is 0 Å². The van der Waals surface area contributed by atoms with Crippen molar-refractivity contribution < 1.29 is 39.1 Å². The number of rotatable bonds is 4. The van der Waals surface area contributed by atoms with E-state index in [4.69, 9.17) is 4.74 Å². The van der Waals surface area contributed by atoms with Gasteiger partial charge in [0, 0.05) is 32.7 Å². The third-order valence-electron chi connectivity index (χ3n) is 8.59. The molecule has 0 radical (unpaired) electrons. The number of ether oxygens (including phenoxy) is 1. The number of phenols is 1. The molecule has 1 heterocycles. The number of anilines is 1. The molecule has 2 aromatic carbocycles. The minimum Gasteiger partial charge on any atom is -0.504 e. The number of aromatic hydroxyl groups is 1. The zero-order valence-corrected chi connectivity index (χ0v) is 23.7. The molecule has 11 heteroatoms. The number of carbonyl (C=O) groups is 4. The van der Waals surface area contributed by atoms with Crippen molar-refractivity contribution >= 4 is 57.6 Å². The van der Waals surface area contributed by atoms with Crippen molar-refractivity contribution in [3.8, 4) is 11.5 Å². The molecular weight excluding hydrogens is 593 g/mol. The van der Waals surface area contributed by atoms with Gasteiger partial charge in [0.2, 0.25) is 11.8 Å². The Balaban J connectivity index is 1.50. The summed E-state index contributed by atoms with van der Waals surface area (Å²) in [4.78, 5) is 55.6. The second-order valence-corrected chi connectivity index (χ2v) is 11.7. The van der Waals surface area contributed by atoms with Crippen LogP contribution in [0.2, 0.25) is 0 Å². The molecule has 2 amide bonds. The minimum absolute atomic E-state index is 0.0999. The number of halogens is 1. The van der Waals surface area contributed by atoms with Gasteiger partial charge in [-0.1, -0.05) is 39.7 Å². The monoisotopic (exact) mass is 617 g/mol. The summed E-state index contributed by atoms with van der Waals surface area (Å²) >= 11 is 3.45. The largest absolute Gasteiger partial charge is 0.504 e. The first kappa shape index (κ1) is 27.4. The Bertz CT molecular complexity index is 1660. The lowest BCUT2D eigenvalue weighted by Crippen LogP contribution is -2.40. The first-order chi connectivity index (χ1) is 19.5. The van der Waals surface area contributed by atoms with E-state index in [9.17, 15) is 34.3 Å². The average molecular weight is 618 g/mol. The molecule has 1 saturated heterocycles. The van der Waals surface area contributed by atoms with Gasteiger partial charge in [0.15, 0.2) is 23.1 Å². The lowest BCUT2D eigenvalue weighted by Gasteiger charge is -2.42. The maximum absolute atomic E-state index is 14.0. The second-order valence-electron chi connectivity index (χ2n) is 10.8. The van der Waals surface area contributed by atoms with E-state index in [-0.39, 0.29) is 63.8 Å². The quantitative estimate of drug-likeness (QED) is 0.206. The smallest absolute Gasteiger partial charge is 0.488 e. The fourth-order valence-electron chi connectivity index (χ4n) is 6.79. The number of allylic oxidation sites excluding steroid dienone is 6. The Morgan fingerprint density at radius 2 is 1.80 bits per heavy atom. The van der Waals surface area contributed by atoms with Gasteiger partial charge in [0.25, 0.3) is 0 Å². The maximum Gasteiger partial charge on any atom is 0.488 e. The fourth-order valence-corrected chi connectivity index (χ4v) is 7.24. The van der Waals surface area contributed by atoms with Crippen LogP contribution in [0.3, 0.4) is 0 Å². The number of methoxy groups -OCH3 is 1. The van der Waals surface area contributed by atoms with Crippen LogP contribution in [0.25, 0.3) is 0 Å². The first-order valence-corrected chi connectivity index (χ1v) is 13.9. The third-order valence-corrected chi connectivity index (χ3v) is 9.05. The van der Waals surface area contributed by atoms with Crippen molar-refractivity contribution in [3.05, 3.63) is 80.9 Å². The van der Waals surface area contributed by atoms with Crippen LogP contribution < -0.4 is 15.1 Å². The number of carbonyl (C=O) groups excluding carboxylic acids is 4. The number of fused-ring (bicyclic) bond motifs is 3. The average Bonchev–Trinajstić information content (AvgIpc) is 3.21. The van der Waals surface area contributed by atoms with E-state index in [1.165, 1.54) is 31.4 Å². The minimum atomic E-state index is -1.77. The number of hydrogen-bond donors (Lipinski definition) is 3. The summed E-state index contributed by atoms with van der Waals surface area (Å²) in [5.41, 5.74) is 2.24. The van der Waals surface area contributed by atoms with E-state index in [2.05, 4.69) is 15.9 Å². The molecule has 208 valence electrons. The molecule has 4 atom stereocenters. The van der Waals surface area contributed by atoms with Gasteiger partial charge in [-0.3, -0.25) is 24.1 Å². The summed E-state index contributed by atoms with van der Waals surface area (Å²) in [6, 6.07) is 9.22. The van der Waals surface area contributed by atoms with Crippen molar-refractivity contribution in [1.29, 1.82) is 0 Å². The molecule has 1 aliphatic heterocycles. The van der Waals surface area contributed by atoms with Gasteiger partial charge in [0.1, 0.15) is 0 Å². The third kappa shape index (κ3) is 4.14. The molecule has 1 fully saturated rings. The zero-order valence-electron chi connectivity index (χ0n) is 22.1. The van der Waals surface area contributed by atoms with E-state index < -0.39 is 42.6 Å². The fraction of sp³-hybridized carbons (Fsp3) is 0.267. The lowest BCUT2D eigenvalue weighted by molar-refractivity contribution is -0.123. The maximum atomic E-state index is 14.0. The predicted molar refractivity (Wildman–Crippen MR) is 152 cm³/mol. The van der Waals surface area contributed by atoms with Crippen LogP contribution in [-0.4, -0.2) is 52.8 Å². The van der Waals surface area contributed by atoms with Crippen LogP contribution in [0.1, 0.15) is 31.2 Å². The topological polar surface area (TPSA) is 141 Å². The van der Waals surface area contributed by atoms with E-state index in [1.54, 1.807) is 25.1 Å². The summed E-state index contributed by atoms with van der Waals surface area (Å²) in [5, 5.41) is 30.5. The number of nitrogens with zero attached hydrogens (tertiary/aromatic N) is 1. The van der Waals surface area contributed by atoms with Crippen molar-refractivity contribution in [1.82, 2.24) is 0 Å². The summed E-state index contributed by atoms with van der Waals surface area (Å²) in [6.45, 7) is 1.57. The van der Waals surface area contributed by atoms with Gasteiger partial charge in [-0.2, -0.15) is 0 Å². The molecule has 41 heavy (non-hydrogen) atoms. The van der Waals surface area contributed by atoms with E-state index in [1.807, 2.05) is 6.08 Å². The zero-order chi connectivity index (χ0) is 29.3. The summed E-state index contributed by atoms with van der Waals surface area (Å²) in [6.07, 6.45) is 3.49. The Kier molecular flexibility index (Phi) is 6.63. The number of imide groups is 1. The SMILES string of the molecule is COc1cc(Br)cc([C@H]2C3=CC[C@@H]4C(=O)N(c5cccc(B(O)O)c5)C(=O)[C@@H]4[C@@H]3CC3=C2C(=O)C=C(C)C3=O)c1O. The van der Waals surface area contributed by atoms with Gasteiger partial charge in [-0.15, -0.1) is 0 Å². The molecule has 0 saturated carbocycles. The predicted octanol–water partition coefficient (Wildman–Crippen LogP) is 2.48. The number of Topliss-reactive ketones (excluding diaryl/α,β-unsaturated/α-hetero) is 1. The standard InChI is InChI=1S/C30H25BBrNO8/c1-13-8-22(34)26-21(27(13)35)12-19-17(24(26)20-10-15(32)11-23(41-2)28(20)36)6-7-18-25(19)30(38)33(29(18)37)16-5-3-4-14(9-16)31(39)40/h3-6,8-11,18-19,24-25,36,39-40H,7,12H2,1-2H3/t18-,19+,24+,25-/m0/s1. The molecule has 6 rings (SSSR count). The highest BCUT2D eigenvalue weighted by molar-refractivity contribution is 9.10. The van der Waals surface area contributed by atoms with Crippen molar-refractivity contribution in [2.24, 2.45) is 17.8 Å². The van der Waals surface area contributed by atoms with E-state index in [0.717, 1.165) is 4.90 Å². The number of benzene rings is 2. The molecule has 0 bridgehead atoms. The second kappa shape index (κ2) is 9.94. The molecule has 0 spiro atoms. The van der Waals surface area contributed by atoms with Gasteiger partial charge < -0.3 is 19.9 Å². The highest BCUT2D eigenvalue weighted by Crippen LogP contribution is 2.57. The first-order valence-electron chi connectivity index (χ1n) is 13.1. The number of hydrogen-bond acceptors (Lipinski definition) is 8. The Morgan fingerprint density at radius 3 is 2.51 bits per heavy atom. The molecule has 2 aromatic rings. The Labute approximate surface area is 244 Å². The van der Waals surface area contributed by atoms with E-state index in [0.29, 0.717) is 15.6 Å². The van der Waals surface area contributed by atoms with Crippen LogP contribution in [0.4, 0.5) is 5.69 Å². The van der Waals surface area contributed by atoms with Crippen LogP contribution in [-0.2, 0) is 19.2 Å². The molecule has 3 aliphatic carbocycles. The number of ketones is 2. The highest BCUT2D eigenvalue weighted by atomic mass is 79.9. The Hall–Kier alpha value is -3.80. The molecule has 0 unspecified atom stereocenters. The summed E-state index contributed by atoms with van der Waals surface area (Å²) < 4.78 is 5.95. The van der Waals surface area contributed by atoms with Crippen LogP contribution in [0.15, 0.2) is 75.3 Å². The normalized spacial score (nSPS) is 25.4. The van der Waals surface area contributed by atoms with Gasteiger partial charge >= 0.3 is 7.12 Å². The van der Waals surface area contributed by atoms with Crippen molar-refractivity contribution in [2.75, 3.05) is 12.0 Å². The Morgan fingerprint density at radius 1 is 1.05 bits per heavy atom. The van der Waals surface area contributed by atoms with Gasteiger partial charge in [0.05, 0.1) is 24.6 Å². The number of amides is 2. The number of phenolic OH excluding ortho intramolecular Hbond substituents is 1. The molecule has 0 aromatic heterocycles. The van der Waals surface area contributed by atoms with Crippen LogP contribution in [0.5, 0.6) is 11.5 Å². The van der Waals surface area contributed by atoms with Crippen LogP contribution in [0, 0.1) is 17.8 Å². The van der Waals surface area contributed by atoms with Crippen molar-refractivity contribution in [2.45, 2.75) is 25.7 Å². The molecule has 4 aliphatic rings. The summed E-state index contributed by atoms with van der Waals surface area (Å²) in [7, 11) is -0.364. The molecule has 9 nitrogen and oxygen atoms in total. The van der Waals surface area contributed by atoms with Gasteiger partial charge in [-0.05, 0) is 61.5 Å². The summed E-state index contributed by atoms with van der Waals surface area (Å²) in [5.74, 6) is -4.44. The molecular formula is C30H25BBrNO8. The lowest BCUT2D eigenvalue weighted by atomic mass is 9.59.